The van der Waals surface area contributed by atoms with Crippen LogP contribution in [0.3, 0.4) is 0 Å². The molecule has 82 valence electrons. The Balaban J connectivity index is 3.89. The van der Waals surface area contributed by atoms with Crippen LogP contribution in [0, 0.1) is 5.92 Å². The zero-order valence-corrected chi connectivity index (χ0v) is 8.78. The monoisotopic (exact) mass is 200 g/mol. The van der Waals surface area contributed by atoms with E-state index in [0.29, 0.717) is 6.42 Å². The van der Waals surface area contributed by atoms with Crippen LogP contribution < -0.4 is 0 Å². The Labute approximate surface area is 85.4 Å². The third-order valence-corrected chi connectivity index (χ3v) is 2.03. The van der Waals surface area contributed by atoms with Crippen molar-refractivity contribution in [2.75, 3.05) is 6.61 Å². The van der Waals surface area contributed by atoms with Gasteiger partial charge in [-0.05, 0) is 25.2 Å². The molecule has 0 radical (unpaired) electrons. The van der Waals surface area contributed by atoms with E-state index in [2.05, 4.69) is 6.92 Å². The van der Waals surface area contributed by atoms with Crippen molar-refractivity contribution < 1.29 is 15.0 Å². The smallest absolute Gasteiger partial charge is 0.303 e. The summed E-state index contributed by atoms with van der Waals surface area (Å²) in [6, 6.07) is 0. The fourth-order valence-electron chi connectivity index (χ4n) is 1.30. The molecule has 0 amide bonds. The molecular weight excluding hydrogens is 180 g/mol. The maximum atomic E-state index is 10.5. The number of hydrogen-bond donors (Lipinski definition) is 2. The van der Waals surface area contributed by atoms with Crippen LogP contribution >= 0.6 is 0 Å². The first-order valence-corrected chi connectivity index (χ1v) is 5.20. The van der Waals surface area contributed by atoms with E-state index in [1.165, 1.54) is 0 Å². The van der Waals surface area contributed by atoms with Crippen LogP contribution in [0.25, 0.3) is 0 Å². The molecular formula is C11H20O3. The second kappa shape index (κ2) is 8.75. The van der Waals surface area contributed by atoms with Gasteiger partial charge in [-0.1, -0.05) is 25.5 Å². The molecule has 14 heavy (non-hydrogen) atoms. The second-order valence-corrected chi connectivity index (χ2v) is 3.44. The highest BCUT2D eigenvalue weighted by molar-refractivity contribution is 5.67. The van der Waals surface area contributed by atoms with Crippen LogP contribution in [0.1, 0.15) is 39.0 Å². The van der Waals surface area contributed by atoms with E-state index in [0.717, 1.165) is 19.3 Å². The van der Waals surface area contributed by atoms with Gasteiger partial charge in [-0.15, -0.1) is 0 Å². The molecule has 1 atom stereocenters. The highest BCUT2D eigenvalue weighted by atomic mass is 16.4. The summed E-state index contributed by atoms with van der Waals surface area (Å²) in [6.45, 7) is 2.22. The van der Waals surface area contributed by atoms with Crippen molar-refractivity contribution in [3.8, 4) is 0 Å². The summed E-state index contributed by atoms with van der Waals surface area (Å²) in [4.78, 5) is 10.5. The van der Waals surface area contributed by atoms with Gasteiger partial charge in [0.1, 0.15) is 0 Å². The van der Waals surface area contributed by atoms with Gasteiger partial charge in [0, 0.05) is 6.61 Å². The van der Waals surface area contributed by atoms with E-state index in [9.17, 15) is 4.79 Å². The average molecular weight is 200 g/mol. The van der Waals surface area contributed by atoms with Crippen LogP contribution in [-0.4, -0.2) is 22.8 Å². The second-order valence-electron chi connectivity index (χ2n) is 3.44. The zero-order chi connectivity index (χ0) is 10.8. The number of aliphatic hydroxyl groups excluding tert-OH is 1. The van der Waals surface area contributed by atoms with Gasteiger partial charge in [-0.25, -0.2) is 0 Å². The molecule has 0 saturated carbocycles. The summed E-state index contributed by atoms with van der Waals surface area (Å²) in [5.41, 5.74) is 0. The average Bonchev–Trinajstić information content (AvgIpc) is 2.13. The van der Waals surface area contributed by atoms with E-state index >= 15 is 0 Å². The van der Waals surface area contributed by atoms with Crippen molar-refractivity contribution >= 4 is 5.97 Å². The molecule has 1 unspecified atom stereocenters. The Hall–Kier alpha value is -0.830. The minimum absolute atomic E-state index is 0.0752. The van der Waals surface area contributed by atoms with E-state index in [1.54, 1.807) is 0 Å². The molecule has 3 heteroatoms. The predicted octanol–water partition coefficient (Wildman–Crippen LogP) is 2.21. The lowest BCUT2D eigenvalue weighted by atomic mass is 9.98. The van der Waals surface area contributed by atoms with Gasteiger partial charge in [0.05, 0.1) is 6.42 Å². The molecule has 2 N–H and O–H groups in total. The molecule has 0 bridgehead atoms. The SMILES string of the molecule is CCC/C=C\C(CCCO)CC(=O)O. The summed E-state index contributed by atoms with van der Waals surface area (Å²) in [5.74, 6) is -0.694. The Morgan fingerprint density at radius 2 is 2.21 bits per heavy atom. The van der Waals surface area contributed by atoms with Crippen molar-refractivity contribution in [2.24, 2.45) is 5.92 Å². The largest absolute Gasteiger partial charge is 0.481 e. The maximum Gasteiger partial charge on any atom is 0.303 e. The van der Waals surface area contributed by atoms with Gasteiger partial charge in [-0.2, -0.15) is 0 Å². The molecule has 0 fully saturated rings. The molecule has 0 rings (SSSR count). The molecule has 3 nitrogen and oxygen atoms in total. The van der Waals surface area contributed by atoms with Crippen molar-refractivity contribution in [1.82, 2.24) is 0 Å². The Morgan fingerprint density at radius 1 is 1.50 bits per heavy atom. The van der Waals surface area contributed by atoms with E-state index in [1.807, 2.05) is 12.2 Å². The highest BCUT2D eigenvalue weighted by Crippen LogP contribution is 2.13. The number of rotatable bonds is 8. The summed E-state index contributed by atoms with van der Waals surface area (Å²) >= 11 is 0. The van der Waals surface area contributed by atoms with Gasteiger partial charge in [0.15, 0.2) is 0 Å². The van der Waals surface area contributed by atoms with Gasteiger partial charge >= 0.3 is 5.97 Å². The molecule has 0 spiro atoms. The number of carboxylic acid groups (broad SMARTS) is 1. The first kappa shape index (κ1) is 13.2. The Bertz CT molecular complexity index is 175. The van der Waals surface area contributed by atoms with Crippen molar-refractivity contribution in [1.29, 1.82) is 0 Å². The molecule has 0 heterocycles. The lowest BCUT2D eigenvalue weighted by molar-refractivity contribution is -0.137. The third-order valence-electron chi connectivity index (χ3n) is 2.03. The van der Waals surface area contributed by atoms with E-state index < -0.39 is 5.97 Å². The van der Waals surface area contributed by atoms with Crippen LogP contribution in [0.15, 0.2) is 12.2 Å². The molecule has 0 aromatic heterocycles. The molecule has 0 aromatic rings. The van der Waals surface area contributed by atoms with E-state index in [-0.39, 0.29) is 18.9 Å². The number of carboxylic acids is 1. The Kier molecular flexibility index (Phi) is 8.24. The van der Waals surface area contributed by atoms with E-state index in [4.69, 9.17) is 10.2 Å². The molecule has 0 aliphatic carbocycles. The first-order valence-electron chi connectivity index (χ1n) is 5.20. The minimum Gasteiger partial charge on any atom is -0.481 e. The predicted molar refractivity (Wildman–Crippen MR) is 56.1 cm³/mol. The quantitative estimate of drug-likeness (QED) is 0.590. The number of allylic oxidation sites excluding steroid dienone is 2. The maximum absolute atomic E-state index is 10.5. The summed E-state index contributed by atoms with van der Waals surface area (Å²) < 4.78 is 0. The topological polar surface area (TPSA) is 57.5 Å². The lowest BCUT2D eigenvalue weighted by Gasteiger charge is -2.08. The standard InChI is InChI=1S/C11H20O3/c1-2-3-4-6-10(7-5-8-12)9-11(13)14/h4,6,10,12H,2-3,5,7-9H2,1H3,(H,13,14)/b6-4-. The summed E-state index contributed by atoms with van der Waals surface area (Å²) in [5, 5.41) is 17.3. The van der Waals surface area contributed by atoms with Gasteiger partial charge in [0.25, 0.3) is 0 Å². The molecule has 0 aromatic carbocycles. The van der Waals surface area contributed by atoms with Crippen LogP contribution in [0.5, 0.6) is 0 Å². The third kappa shape index (κ3) is 7.80. The lowest BCUT2D eigenvalue weighted by Crippen LogP contribution is -2.06. The number of aliphatic carboxylic acids is 1. The fourth-order valence-corrected chi connectivity index (χ4v) is 1.30. The first-order chi connectivity index (χ1) is 6.70. The van der Waals surface area contributed by atoms with Crippen LogP contribution in [-0.2, 0) is 4.79 Å². The van der Waals surface area contributed by atoms with Crippen molar-refractivity contribution in [3.63, 3.8) is 0 Å². The minimum atomic E-state index is -0.769. The molecule has 0 saturated heterocycles. The van der Waals surface area contributed by atoms with Gasteiger partial charge < -0.3 is 10.2 Å². The zero-order valence-electron chi connectivity index (χ0n) is 8.78. The number of aliphatic hydroxyl groups is 1. The molecule has 0 aliphatic rings. The van der Waals surface area contributed by atoms with Crippen LogP contribution in [0.2, 0.25) is 0 Å². The summed E-state index contributed by atoms with van der Waals surface area (Å²) in [6.07, 6.45) is 7.67. The van der Waals surface area contributed by atoms with Gasteiger partial charge in [-0.3, -0.25) is 4.79 Å². The van der Waals surface area contributed by atoms with Crippen LogP contribution in [0.4, 0.5) is 0 Å². The van der Waals surface area contributed by atoms with Crippen molar-refractivity contribution in [2.45, 2.75) is 39.0 Å². The molecule has 0 aliphatic heterocycles. The number of hydrogen-bond acceptors (Lipinski definition) is 2. The normalized spacial score (nSPS) is 13.3. The Morgan fingerprint density at radius 3 is 2.71 bits per heavy atom. The fraction of sp³-hybridized carbons (Fsp3) is 0.727. The van der Waals surface area contributed by atoms with Crippen molar-refractivity contribution in [3.05, 3.63) is 12.2 Å². The highest BCUT2D eigenvalue weighted by Gasteiger charge is 2.08. The number of carbonyl (C=O) groups is 1. The number of unbranched alkanes of at least 4 members (excludes halogenated alkanes) is 1. The summed E-state index contributed by atoms with van der Waals surface area (Å²) in [7, 11) is 0. The van der Waals surface area contributed by atoms with Gasteiger partial charge in [0.2, 0.25) is 0 Å².